The maximum atomic E-state index is 5.57. The van der Waals surface area contributed by atoms with Gasteiger partial charge in [0.2, 0.25) is 10.8 Å². The van der Waals surface area contributed by atoms with E-state index in [2.05, 4.69) is 60.5 Å². The van der Waals surface area contributed by atoms with Crippen LogP contribution in [0.15, 0.2) is 51.6 Å². The molecule has 0 saturated carbocycles. The van der Waals surface area contributed by atoms with Gasteiger partial charge in [0.25, 0.3) is 0 Å². The SMILES string of the molecule is Cc1ccc(-c2cc(-c3nnc4sc(-c5ccc(Br)o5)nn34)[nH]n2)cc1. The van der Waals surface area contributed by atoms with E-state index in [0.29, 0.717) is 21.2 Å². The van der Waals surface area contributed by atoms with E-state index in [-0.39, 0.29) is 0 Å². The molecule has 7 nitrogen and oxygen atoms in total. The minimum atomic E-state index is 0.610. The first-order valence-corrected chi connectivity index (χ1v) is 9.39. The number of furan rings is 1. The molecule has 1 N–H and O–H groups in total. The molecule has 0 saturated heterocycles. The van der Waals surface area contributed by atoms with E-state index in [9.17, 15) is 0 Å². The summed E-state index contributed by atoms with van der Waals surface area (Å²) >= 11 is 4.72. The summed E-state index contributed by atoms with van der Waals surface area (Å²) in [5.74, 6) is 1.29. The Morgan fingerprint density at radius 3 is 2.73 bits per heavy atom. The van der Waals surface area contributed by atoms with Crippen LogP contribution in [0.4, 0.5) is 0 Å². The van der Waals surface area contributed by atoms with E-state index in [0.717, 1.165) is 22.0 Å². The molecule has 128 valence electrons. The normalized spacial score (nSPS) is 11.5. The highest BCUT2D eigenvalue weighted by atomic mass is 79.9. The Kier molecular flexibility index (Phi) is 3.50. The number of fused-ring (bicyclic) bond motifs is 1. The van der Waals surface area contributed by atoms with Gasteiger partial charge in [-0.15, -0.1) is 15.3 Å². The van der Waals surface area contributed by atoms with Crippen molar-refractivity contribution < 1.29 is 4.42 Å². The number of hydrogen-bond acceptors (Lipinski definition) is 6. The predicted molar refractivity (Wildman–Crippen MR) is 102 cm³/mol. The lowest BCUT2D eigenvalue weighted by Crippen LogP contribution is -1.90. The highest BCUT2D eigenvalue weighted by Crippen LogP contribution is 2.31. The van der Waals surface area contributed by atoms with Crippen LogP contribution in [-0.2, 0) is 0 Å². The Hall–Kier alpha value is -2.78. The molecule has 0 unspecified atom stereocenters. The van der Waals surface area contributed by atoms with Crippen LogP contribution < -0.4 is 0 Å². The second kappa shape index (κ2) is 5.89. The maximum Gasteiger partial charge on any atom is 0.235 e. The molecular weight excluding hydrogens is 416 g/mol. The van der Waals surface area contributed by atoms with Gasteiger partial charge < -0.3 is 4.42 Å². The average Bonchev–Trinajstić information content (AvgIpc) is 3.38. The Morgan fingerprint density at radius 1 is 1.12 bits per heavy atom. The van der Waals surface area contributed by atoms with Gasteiger partial charge in [0, 0.05) is 5.56 Å². The fourth-order valence-corrected chi connectivity index (χ4v) is 3.73. The fourth-order valence-electron chi connectivity index (χ4n) is 2.62. The lowest BCUT2D eigenvalue weighted by atomic mass is 10.1. The zero-order valence-corrected chi connectivity index (χ0v) is 15.9. The van der Waals surface area contributed by atoms with Gasteiger partial charge in [-0.05, 0) is 41.1 Å². The van der Waals surface area contributed by atoms with Crippen LogP contribution in [0.3, 0.4) is 0 Å². The molecule has 0 atom stereocenters. The number of aromatic amines is 1. The first kappa shape index (κ1) is 15.5. The van der Waals surface area contributed by atoms with Gasteiger partial charge in [0.05, 0.1) is 5.69 Å². The van der Waals surface area contributed by atoms with Gasteiger partial charge in [-0.25, -0.2) is 0 Å². The second-order valence-corrected chi connectivity index (χ2v) is 7.50. The topological polar surface area (TPSA) is 84.9 Å². The average molecular weight is 427 g/mol. The van der Waals surface area contributed by atoms with Crippen molar-refractivity contribution in [1.29, 1.82) is 0 Å². The summed E-state index contributed by atoms with van der Waals surface area (Å²) in [5.41, 5.74) is 3.86. The van der Waals surface area contributed by atoms with E-state index in [1.165, 1.54) is 16.9 Å². The molecular formula is C17H11BrN6OS. The first-order valence-electron chi connectivity index (χ1n) is 7.78. The monoisotopic (exact) mass is 426 g/mol. The molecule has 0 amide bonds. The van der Waals surface area contributed by atoms with Crippen LogP contribution in [0, 0.1) is 6.92 Å². The maximum absolute atomic E-state index is 5.57. The van der Waals surface area contributed by atoms with Crippen molar-refractivity contribution in [1.82, 2.24) is 30.0 Å². The van der Waals surface area contributed by atoms with E-state index in [1.807, 2.05) is 30.3 Å². The summed E-state index contributed by atoms with van der Waals surface area (Å²) in [6, 6.07) is 13.9. The first-order chi connectivity index (χ1) is 12.7. The van der Waals surface area contributed by atoms with Crippen molar-refractivity contribution in [3.8, 4) is 33.5 Å². The molecule has 0 spiro atoms. The molecule has 4 heterocycles. The van der Waals surface area contributed by atoms with Crippen molar-refractivity contribution in [3.05, 3.63) is 52.7 Å². The van der Waals surface area contributed by atoms with Crippen LogP contribution in [0.25, 0.3) is 38.5 Å². The molecule has 1 aromatic carbocycles. The van der Waals surface area contributed by atoms with Gasteiger partial charge in [-0.1, -0.05) is 41.2 Å². The van der Waals surface area contributed by atoms with Crippen LogP contribution >= 0.6 is 27.3 Å². The van der Waals surface area contributed by atoms with Crippen LogP contribution in [0.1, 0.15) is 5.56 Å². The summed E-state index contributed by atoms with van der Waals surface area (Å²) in [4.78, 5) is 0.689. The van der Waals surface area contributed by atoms with E-state index >= 15 is 0 Å². The molecule has 4 aromatic heterocycles. The number of aryl methyl sites for hydroxylation is 1. The number of nitrogens with zero attached hydrogens (tertiary/aromatic N) is 5. The summed E-state index contributed by atoms with van der Waals surface area (Å²) < 4.78 is 7.93. The Bertz CT molecular complexity index is 1220. The van der Waals surface area contributed by atoms with E-state index < -0.39 is 0 Å². The molecule has 0 fully saturated rings. The van der Waals surface area contributed by atoms with Gasteiger partial charge in [-0.3, -0.25) is 5.10 Å². The zero-order chi connectivity index (χ0) is 17.7. The fraction of sp³-hybridized carbons (Fsp3) is 0.0588. The summed E-state index contributed by atoms with van der Waals surface area (Å²) in [6.07, 6.45) is 0. The third-order valence-electron chi connectivity index (χ3n) is 3.94. The highest BCUT2D eigenvalue weighted by molar-refractivity contribution is 9.10. The van der Waals surface area contributed by atoms with Crippen LogP contribution in [0.2, 0.25) is 0 Å². The molecule has 0 radical (unpaired) electrons. The number of benzene rings is 1. The molecule has 5 aromatic rings. The summed E-state index contributed by atoms with van der Waals surface area (Å²) in [7, 11) is 0. The van der Waals surface area contributed by atoms with Crippen molar-refractivity contribution in [3.63, 3.8) is 0 Å². The summed E-state index contributed by atoms with van der Waals surface area (Å²) in [5, 5.41) is 21.2. The molecule has 0 aliphatic rings. The Balaban J connectivity index is 1.55. The number of nitrogens with one attached hydrogen (secondary N) is 1. The lowest BCUT2D eigenvalue weighted by molar-refractivity contribution is 0.554. The zero-order valence-electron chi connectivity index (χ0n) is 13.5. The van der Waals surface area contributed by atoms with Gasteiger partial charge in [0.1, 0.15) is 5.69 Å². The number of H-pyrrole nitrogens is 1. The van der Waals surface area contributed by atoms with E-state index in [4.69, 9.17) is 4.42 Å². The molecule has 26 heavy (non-hydrogen) atoms. The standard InChI is InChI=1S/C17H11BrN6OS/c1-9-2-4-10(5-3-9)11-8-12(20-19-11)15-21-22-17-24(15)23-16(26-17)13-6-7-14(18)25-13/h2-8H,1H3,(H,19,20). The lowest BCUT2D eigenvalue weighted by Gasteiger charge is -1.96. The van der Waals surface area contributed by atoms with Gasteiger partial charge in [-0.2, -0.15) is 9.61 Å². The summed E-state index contributed by atoms with van der Waals surface area (Å²) in [6.45, 7) is 2.06. The Labute approximate surface area is 159 Å². The minimum absolute atomic E-state index is 0.610. The van der Waals surface area contributed by atoms with E-state index in [1.54, 1.807) is 4.52 Å². The molecule has 0 aliphatic heterocycles. The van der Waals surface area contributed by atoms with Crippen LogP contribution in [-0.4, -0.2) is 30.0 Å². The van der Waals surface area contributed by atoms with Gasteiger partial charge >= 0.3 is 0 Å². The number of halogens is 1. The second-order valence-electron chi connectivity index (χ2n) is 5.76. The van der Waals surface area contributed by atoms with Crippen molar-refractivity contribution >= 4 is 32.2 Å². The smallest absolute Gasteiger partial charge is 0.235 e. The molecule has 5 rings (SSSR count). The number of hydrogen-bond donors (Lipinski definition) is 1. The molecule has 0 bridgehead atoms. The highest BCUT2D eigenvalue weighted by Gasteiger charge is 2.18. The molecule has 0 aliphatic carbocycles. The predicted octanol–water partition coefficient (Wildman–Crippen LogP) is 4.57. The van der Waals surface area contributed by atoms with Crippen molar-refractivity contribution in [2.75, 3.05) is 0 Å². The Morgan fingerprint density at radius 2 is 1.96 bits per heavy atom. The van der Waals surface area contributed by atoms with Crippen molar-refractivity contribution in [2.24, 2.45) is 0 Å². The largest absolute Gasteiger partial charge is 0.447 e. The minimum Gasteiger partial charge on any atom is -0.447 e. The van der Waals surface area contributed by atoms with Gasteiger partial charge in [0.15, 0.2) is 15.4 Å². The third-order valence-corrected chi connectivity index (χ3v) is 5.28. The molecule has 9 heteroatoms. The van der Waals surface area contributed by atoms with Crippen molar-refractivity contribution in [2.45, 2.75) is 6.92 Å². The number of rotatable bonds is 3. The number of aromatic nitrogens is 6. The van der Waals surface area contributed by atoms with Crippen LogP contribution in [0.5, 0.6) is 0 Å². The quantitative estimate of drug-likeness (QED) is 0.456. The third kappa shape index (κ3) is 2.56.